The number of rotatable bonds is 3. The molecule has 21 heavy (non-hydrogen) atoms. The molecule has 1 aromatic carbocycles. The van der Waals surface area contributed by atoms with Crippen molar-refractivity contribution in [2.45, 2.75) is 12.3 Å². The van der Waals surface area contributed by atoms with Crippen LogP contribution in [0.5, 0.6) is 0 Å². The van der Waals surface area contributed by atoms with E-state index in [0.29, 0.717) is 34.0 Å². The summed E-state index contributed by atoms with van der Waals surface area (Å²) in [5, 5.41) is 4.15. The number of halogens is 2. The maximum atomic E-state index is 11.9. The lowest BCUT2D eigenvalue weighted by molar-refractivity contribution is -0.144. The first-order valence-corrected chi connectivity index (χ1v) is 8.54. The molecule has 1 aliphatic rings. The molecule has 0 aromatic heterocycles. The standard InChI is InChI=1S/C13H14Cl2N2O2S2/c1-2-19-12(18)11-17(3-4-21-11)13(20)16-10-6-8(14)5-9(15)7-10/h5-7,11H,2-4H2,1H3,(H,16,20). The van der Waals surface area contributed by atoms with E-state index in [1.807, 2.05) is 4.90 Å². The second-order valence-corrected chi connectivity index (χ2v) is 6.70. The van der Waals surface area contributed by atoms with Gasteiger partial charge in [0.1, 0.15) is 0 Å². The van der Waals surface area contributed by atoms with Crippen LogP contribution in [0.2, 0.25) is 10.0 Å². The van der Waals surface area contributed by atoms with E-state index in [1.165, 1.54) is 11.8 Å². The lowest BCUT2D eigenvalue weighted by atomic mass is 10.3. The lowest BCUT2D eigenvalue weighted by Gasteiger charge is -2.25. The Balaban J connectivity index is 2.06. The molecule has 1 aromatic rings. The third-order valence-corrected chi connectivity index (χ3v) is 4.71. The van der Waals surface area contributed by atoms with E-state index in [-0.39, 0.29) is 5.97 Å². The maximum absolute atomic E-state index is 11.9. The van der Waals surface area contributed by atoms with Gasteiger partial charge in [-0.3, -0.25) is 0 Å². The fourth-order valence-corrected chi connectivity index (χ4v) is 3.94. The van der Waals surface area contributed by atoms with Gasteiger partial charge in [-0.15, -0.1) is 11.8 Å². The van der Waals surface area contributed by atoms with Crippen molar-refractivity contribution in [1.29, 1.82) is 0 Å². The number of thiocarbonyl (C=S) groups is 1. The quantitative estimate of drug-likeness (QED) is 0.652. The van der Waals surface area contributed by atoms with E-state index >= 15 is 0 Å². The minimum absolute atomic E-state index is 0.270. The Morgan fingerprint density at radius 2 is 2.14 bits per heavy atom. The summed E-state index contributed by atoms with van der Waals surface area (Å²) < 4.78 is 5.06. The van der Waals surface area contributed by atoms with Crippen molar-refractivity contribution in [3.8, 4) is 0 Å². The fourth-order valence-electron chi connectivity index (χ4n) is 1.91. The highest BCUT2D eigenvalue weighted by Gasteiger charge is 2.34. The molecular formula is C13H14Cl2N2O2S2. The Kier molecular flexibility index (Phi) is 5.98. The van der Waals surface area contributed by atoms with Crippen LogP contribution in [-0.4, -0.2) is 40.3 Å². The third kappa shape index (κ3) is 4.39. The van der Waals surface area contributed by atoms with E-state index in [2.05, 4.69) is 5.32 Å². The maximum Gasteiger partial charge on any atom is 0.339 e. The molecule has 0 aliphatic carbocycles. The number of benzene rings is 1. The van der Waals surface area contributed by atoms with Crippen LogP contribution < -0.4 is 5.32 Å². The number of nitrogens with zero attached hydrogens (tertiary/aromatic N) is 1. The van der Waals surface area contributed by atoms with Crippen molar-refractivity contribution in [2.24, 2.45) is 0 Å². The molecular weight excluding hydrogens is 351 g/mol. The van der Waals surface area contributed by atoms with Crippen LogP contribution >= 0.6 is 47.2 Å². The Morgan fingerprint density at radius 3 is 2.76 bits per heavy atom. The van der Waals surface area contributed by atoms with Crippen molar-refractivity contribution in [2.75, 3.05) is 24.2 Å². The van der Waals surface area contributed by atoms with E-state index in [4.69, 9.17) is 40.2 Å². The predicted octanol–water partition coefficient (Wildman–Crippen LogP) is 3.63. The number of hydrogen-bond acceptors (Lipinski definition) is 4. The van der Waals surface area contributed by atoms with Crippen LogP contribution in [0.4, 0.5) is 5.69 Å². The number of nitrogens with one attached hydrogen (secondary N) is 1. The van der Waals surface area contributed by atoms with Gasteiger partial charge in [0, 0.05) is 28.0 Å². The third-order valence-electron chi connectivity index (χ3n) is 2.75. The Hall–Kier alpha value is -0.690. The molecule has 1 saturated heterocycles. The van der Waals surface area contributed by atoms with Gasteiger partial charge in [-0.1, -0.05) is 23.2 Å². The minimum Gasteiger partial charge on any atom is -0.464 e. The minimum atomic E-state index is -0.403. The first kappa shape index (κ1) is 16.7. The van der Waals surface area contributed by atoms with E-state index in [0.717, 1.165) is 5.75 Å². The number of anilines is 1. The predicted molar refractivity (Wildman–Crippen MR) is 92.3 cm³/mol. The largest absolute Gasteiger partial charge is 0.464 e. The highest BCUT2D eigenvalue weighted by atomic mass is 35.5. The summed E-state index contributed by atoms with van der Waals surface area (Å²) in [5.74, 6) is 0.551. The Morgan fingerprint density at radius 1 is 1.48 bits per heavy atom. The van der Waals surface area contributed by atoms with Crippen LogP contribution in [-0.2, 0) is 9.53 Å². The van der Waals surface area contributed by atoms with E-state index in [1.54, 1.807) is 25.1 Å². The van der Waals surface area contributed by atoms with E-state index < -0.39 is 5.37 Å². The number of ether oxygens (including phenoxy) is 1. The van der Waals surface area contributed by atoms with Crippen molar-refractivity contribution in [1.82, 2.24) is 4.90 Å². The van der Waals surface area contributed by atoms with Gasteiger partial charge >= 0.3 is 5.97 Å². The topological polar surface area (TPSA) is 41.6 Å². The zero-order valence-corrected chi connectivity index (χ0v) is 14.4. The molecule has 1 aliphatic heterocycles. The molecule has 1 heterocycles. The van der Waals surface area contributed by atoms with Gasteiger partial charge in [-0.2, -0.15) is 0 Å². The van der Waals surface area contributed by atoms with Crippen molar-refractivity contribution in [3.05, 3.63) is 28.2 Å². The number of thioether (sulfide) groups is 1. The molecule has 0 amide bonds. The highest BCUT2D eigenvalue weighted by molar-refractivity contribution is 8.00. The smallest absolute Gasteiger partial charge is 0.339 e. The zero-order valence-electron chi connectivity index (χ0n) is 11.3. The summed E-state index contributed by atoms with van der Waals surface area (Å²) >= 11 is 18.8. The van der Waals surface area contributed by atoms with Gasteiger partial charge in [-0.05, 0) is 37.3 Å². The van der Waals surface area contributed by atoms with E-state index in [9.17, 15) is 4.79 Å². The van der Waals surface area contributed by atoms with Gasteiger partial charge in [-0.25, -0.2) is 4.79 Å². The molecule has 1 unspecified atom stereocenters. The van der Waals surface area contributed by atoms with Crippen molar-refractivity contribution < 1.29 is 9.53 Å². The van der Waals surface area contributed by atoms with Crippen molar-refractivity contribution >= 4 is 64.0 Å². The number of carbonyl (C=O) groups excluding carboxylic acids is 1. The average molecular weight is 365 g/mol. The summed E-state index contributed by atoms with van der Waals surface area (Å²) in [6.45, 7) is 2.83. The van der Waals surface area contributed by atoms with Crippen LogP contribution in [0.25, 0.3) is 0 Å². The molecule has 0 saturated carbocycles. The Bertz CT molecular complexity index is 537. The summed E-state index contributed by atoms with van der Waals surface area (Å²) in [4.78, 5) is 13.7. The number of esters is 1. The van der Waals surface area contributed by atoms with Gasteiger partial charge in [0.05, 0.1) is 6.61 Å². The van der Waals surface area contributed by atoms with Crippen LogP contribution in [0.15, 0.2) is 18.2 Å². The second-order valence-electron chi connectivity index (χ2n) is 4.26. The lowest BCUT2D eigenvalue weighted by Crippen LogP contribution is -2.42. The molecule has 8 heteroatoms. The average Bonchev–Trinajstić information content (AvgIpc) is 2.86. The SMILES string of the molecule is CCOC(=O)C1SCCN1C(=S)Nc1cc(Cl)cc(Cl)c1. The molecule has 4 nitrogen and oxygen atoms in total. The normalized spacial score (nSPS) is 17.7. The highest BCUT2D eigenvalue weighted by Crippen LogP contribution is 2.27. The first-order chi connectivity index (χ1) is 10.0. The molecule has 1 N–H and O–H groups in total. The molecule has 0 radical (unpaired) electrons. The molecule has 2 rings (SSSR count). The second kappa shape index (κ2) is 7.54. The fraction of sp³-hybridized carbons (Fsp3) is 0.385. The number of hydrogen-bond donors (Lipinski definition) is 1. The first-order valence-electron chi connectivity index (χ1n) is 6.33. The van der Waals surface area contributed by atoms with Gasteiger partial charge < -0.3 is 15.0 Å². The van der Waals surface area contributed by atoms with Gasteiger partial charge in [0.15, 0.2) is 10.5 Å². The molecule has 0 bridgehead atoms. The van der Waals surface area contributed by atoms with Crippen LogP contribution in [0.1, 0.15) is 6.92 Å². The van der Waals surface area contributed by atoms with Crippen molar-refractivity contribution in [3.63, 3.8) is 0 Å². The zero-order chi connectivity index (χ0) is 15.4. The Labute approximate surface area is 143 Å². The summed E-state index contributed by atoms with van der Waals surface area (Å²) in [6, 6.07) is 5.09. The molecule has 1 fully saturated rings. The van der Waals surface area contributed by atoms with Gasteiger partial charge in [0.25, 0.3) is 0 Å². The van der Waals surface area contributed by atoms with Gasteiger partial charge in [0.2, 0.25) is 0 Å². The molecule has 1 atom stereocenters. The summed E-state index contributed by atoms with van der Waals surface area (Å²) in [6.07, 6.45) is 0. The summed E-state index contributed by atoms with van der Waals surface area (Å²) in [5.41, 5.74) is 0.692. The summed E-state index contributed by atoms with van der Waals surface area (Å²) in [7, 11) is 0. The van der Waals surface area contributed by atoms with Crippen LogP contribution in [0.3, 0.4) is 0 Å². The van der Waals surface area contributed by atoms with Crippen LogP contribution in [0, 0.1) is 0 Å². The monoisotopic (exact) mass is 364 g/mol. The molecule has 0 spiro atoms. The molecule has 114 valence electrons. The number of carbonyl (C=O) groups is 1.